The first kappa shape index (κ1) is 27.4. The van der Waals surface area contributed by atoms with E-state index in [0.29, 0.717) is 35.7 Å². The molecule has 1 unspecified atom stereocenters. The second-order valence-corrected chi connectivity index (χ2v) is 11.2. The van der Waals surface area contributed by atoms with Crippen molar-refractivity contribution in [1.82, 2.24) is 10.2 Å². The van der Waals surface area contributed by atoms with Crippen LogP contribution in [0.5, 0.6) is 5.75 Å². The first-order valence-corrected chi connectivity index (χ1v) is 14.5. The zero-order valence-electron chi connectivity index (χ0n) is 22.1. The lowest BCUT2D eigenvalue weighted by Crippen LogP contribution is -2.49. The van der Waals surface area contributed by atoms with E-state index < -0.39 is 16.1 Å². The van der Waals surface area contributed by atoms with Crippen molar-refractivity contribution in [2.24, 2.45) is 0 Å². The van der Waals surface area contributed by atoms with E-state index in [2.05, 4.69) is 5.32 Å². The molecular formula is C29H35N3O5S. The number of carbonyl (C=O) groups is 2. The number of rotatable bonds is 12. The molecule has 3 aromatic rings. The first-order valence-electron chi connectivity index (χ1n) is 13.1. The van der Waals surface area contributed by atoms with Crippen LogP contribution in [0.1, 0.15) is 45.1 Å². The second kappa shape index (κ2) is 11.9. The largest absolute Gasteiger partial charge is 0.497 e. The summed E-state index contributed by atoms with van der Waals surface area (Å²) >= 11 is 0. The van der Waals surface area contributed by atoms with Gasteiger partial charge in [0.25, 0.3) is 10.0 Å². The average molecular weight is 538 g/mol. The van der Waals surface area contributed by atoms with Gasteiger partial charge in [-0.2, -0.15) is 0 Å². The van der Waals surface area contributed by atoms with Gasteiger partial charge in [-0.3, -0.25) is 13.9 Å². The van der Waals surface area contributed by atoms with Gasteiger partial charge in [-0.15, -0.1) is 0 Å². The highest BCUT2D eigenvalue weighted by Gasteiger charge is 2.35. The zero-order chi connectivity index (χ0) is 27.3. The molecule has 0 bridgehead atoms. The molecule has 1 aliphatic heterocycles. The summed E-state index contributed by atoms with van der Waals surface area (Å²) in [6, 6.07) is 17.6. The van der Waals surface area contributed by atoms with Crippen LogP contribution < -0.4 is 14.4 Å². The van der Waals surface area contributed by atoms with Gasteiger partial charge in [0.15, 0.2) is 0 Å². The molecule has 4 rings (SSSR count). The highest BCUT2D eigenvalue weighted by molar-refractivity contribution is 7.93. The molecule has 2 amide bonds. The molecule has 1 atom stereocenters. The van der Waals surface area contributed by atoms with E-state index in [-0.39, 0.29) is 31.3 Å². The highest BCUT2D eigenvalue weighted by Crippen LogP contribution is 2.42. The van der Waals surface area contributed by atoms with Crippen molar-refractivity contribution in [3.8, 4) is 5.75 Å². The van der Waals surface area contributed by atoms with Crippen molar-refractivity contribution in [1.29, 1.82) is 0 Å². The number of carbonyl (C=O) groups excluding carboxylic acids is 2. The summed E-state index contributed by atoms with van der Waals surface area (Å²) in [5.41, 5.74) is 1.52. The van der Waals surface area contributed by atoms with Crippen LogP contribution in [0, 0.1) is 0 Å². The molecule has 9 heteroatoms. The Labute approximate surface area is 224 Å². The number of hydrogen-bond donors (Lipinski definition) is 1. The molecule has 0 aliphatic carbocycles. The molecule has 38 heavy (non-hydrogen) atoms. The maximum Gasteiger partial charge on any atom is 0.265 e. The van der Waals surface area contributed by atoms with E-state index in [1.54, 1.807) is 30.2 Å². The summed E-state index contributed by atoms with van der Waals surface area (Å²) in [4.78, 5) is 28.4. The van der Waals surface area contributed by atoms with Gasteiger partial charge in [0.1, 0.15) is 11.8 Å². The van der Waals surface area contributed by atoms with Gasteiger partial charge in [-0.05, 0) is 54.5 Å². The maximum atomic E-state index is 13.5. The number of methoxy groups -OCH3 is 1. The molecule has 1 aliphatic rings. The Hall–Kier alpha value is -3.59. The minimum absolute atomic E-state index is 0.117. The number of anilines is 1. The van der Waals surface area contributed by atoms with E-state index in [1.807, 2.05) is 56.3 Å². The molecular weight excluding hydrogens is 502 g/mol. The summed E-state index contributed by atoms with van der Waals surface area (Å²) in [6.45, 7) is 4.86. The van der Waals surface area contributed by atoms with E-state index in [4.69, 9.17) is 4.74 Å². The highest BCUT2D eigenvalue weighted by atomic mass is 32.2. The second-order valence-electron chi connectivity index (χ2n) is 9.40. The van der Waals surface area contributed by atoms with Crippen molar-refractivity contribution in [3.63, 3.8) is 0 Å². The van der Waals surface area contributed by atoms with Crippen LogP contribution in [0.2, 0.25) is 0 Å². The zero-order valence-corrected chi connectivity index (χ0v) is 23.0. The van der Waals surface area contributed by atoms with Crippen molar-refractivity contribution in [2.45, 2.75) is 57.0 Å². The fourth-order valence-corrected chi connectivity index (χ4v) is 6.68. The number of sulfonamides is 1. The molecule has 0 saturated heterocycles. The van der Waals surface area contributed by atoms with Crippen LogP contribution in [-0.4, -0.2) is 51.4 Å². The van der Waals surface area contributed by atoms with Gasteiger partial charge in [0.2, 0.25) is 11.8 Å². The molecule has 0 fully saturated rings. The number of amides is 2. The Balaban J connectivity index is 1.51. The molecule has 0 radical (unpaired) electrons. The fraction of sp³-hybridized carbons (Fsp3) is 0.379. The lowest BCUT2D eigenvalue weighted by molar-refractivity contribution is -0.141. The lowest BCUT2D eigenvalue weighted by Gasteiger charge is -2.31. The van der Waals surface area contributed by atoms with Crippen molar-refractivity contribution in [2.75, 3.05) is 24.5 Å². The number of hydrogen-bond acceptors (Lipinski definition) is 5. The lowest BCUT2D eigenvalue weighted by atomic mass is 10.1. The third-order valence-corrected chi connectivity index (χ3v) is 8.74. The summed E-state index contributed by atoms with van der Waals surface area (Å²) in [5, 5.41) is 4.51. The van der Waals surface area contributed by atoms with Crippen LogP contribution in [0.15, 0.2) is 65.6 Å². The molecule has 8 nitrogen and oxygen atoms in total. The molecule has 3 aromatic carbocycles. The van der Waals surface area contributed by atoms with Gasteiger partial charge < -0.3 is 15.0 Å². The summed E-state index contributed by atoms with van der Waals surface area (Å²) in [5.74, 6) is 0.342. The predicted molar refractivity (Wildman–Crippen MR) is 149 cm³/mol. The SMILES string of the molecule is CCCNC(=O)C(CC)N(Cc1ccc(OC)cc1)C(=O)CCCN1c2cccc3cccc(c23)S1(=O)=O. The van der Waals surface area contributed by atoms with E-state index in [9.17, 15) is 18.0 Å². The number of nitrogens with one attached hydrogen (secondary N) is 1. The van der Waals surface area contributed by atoms with Gasteiger partial charge in [-0.1, -0.05) is 50.2 Å². The summed E-state index contributed by atoms with van der Waals surface area (Å²) < 4.78 is 33.2. The van der Waals surface area contributed by atoms with Gasteiger partial charge in [0.05, 0.1) is 17.7 Å². The molecule has 202 valence electrons. The molecule has 0 saturated carbocycles. The molecule has 1 heterocycles. The molecule has 0 aromatic heterocycles. The minimum Gasteiger partial charge on any atom is -0.497 e. The van der Waals surface area contributed by atoms with Crippen LogP contribution in [-0.2, 0) is 26.2 Å². The standard InChI is InChI=1S/C29H35N3O5S/c1-4-18-30-29(34)24(5-2)31(20-21-14-16-23(37-3)17-15-21)27(33)13-8-19-32-25-11-6-9-22-10-7-12-26(28(22)25)38(32,35)36/h6-7,9-12,14-17,24H,4-5,8,13,18-20H2,1-3H3,(H,30,34). The minimum atomic E-state index is -3.68. The van der Waals surface area contributed by atoms with Gasteiger partial charge >= 0.3 is 0 Å². The van der Waals surface area contributed by atoms with Crippen LogP contribution in [0.4, 0.5) is 5.69 Å². The van der Waals surface area contributed by atoms with Crippen LogP contribution in [0.3, 0.4) is 0 Å². The predicted octanol–water partition coefficient (Wildman–Crippen LogP) is 4.47. The average Bonchev–Trinajstić information content (AvgIpc) is 3.15. The van der Waals surface area contributed by atoms with Gasteiger partial charge in [-0.25, -0.2) is 8.42 Å². The quantitative estimate of drug-likeness (QED) is 0.368. The molecule has 0 spiro atoms. The van der Waals surface area contributed by atoms with E-state index in [1.165, 1.54) is 4.31 Å². The third kappa shape index (κ3) is 5.48. The Kier molecular flexibility index (Phi) is 8.56. The Morgan fingerprint density at radius 3 is 2.39 bits per heavy atom. The van der Waals surface area contributed by atoms with Crippen LogP contribution >= 0.6 is 0 Å². The number of nitrogens with zero attached hydrogens (tertiary/aromatic N) is 2. The Morgan fingerprint density at radius 1 is 1.03 bits per heavy atom. The normalized spacial score (nSPS) is 14.3. The number of benzene rings is 3. The third-order valence-electron chi connectivity index (χ3n) is 6.88. The Morgan fingerprint density at radius 2 is 1.74 bits per heavy atom. The Bertz CT molecular complexity index is 1400. The fourth-order valence-electron chi connectivity index (χ4n) is 4.93. The maximum absolute atomic E-state index is 13.5. The van der Waals surface area contributed by atoms with Crippen molar-refractivity contribution in [3.05, 3.63) is 66.2 Å². The summed E-state index contributed by atoms with van der Waals surface area (Å²) in [7, 11) is -2.09. The summed E-state index contributed by atoms with van der Waals surface area (Å²) in [6.07, 6.45) is 1.71. The van der Waals surface area contributed by atoms with Gasteiger partial charge in [0, 0.05) is 31.4 Å². The first-order chi connectivity index (χ1) is 18.3. The van der Waals surface area contributed by atoms with Crippen LogP contribution in [0.25, 0.3) is 10.8 Å². The van der Waals surface area contributed by atoms with E-state index in [0.717, 1.165) is 22.8 Å². The smallest absolute Gasteiger partial charge is 0.265 e. The number of ether oxygens (including phenoxy) is 1. The van der Waals surface area contributed by atoms with E-state index >= 15 is 0 Å². The topological polar surface area (TPSA) is 96.0 Å². The van der Waals surface area contributed by atoms with Crippen molar-refractivity contribution < 1.29 is 22.7 Å². The molecule has 1 N–H and O–H groups in total. The van der Waals surface area contributed by atoms with Crippen molar-refractivity contribution >= 4 is 38.3 Å². The monoisotopic (exact) mass is 537 g/mol.